The highest BCUT2D eigenvalue weighted by atomic mass is 19.4. The summed E-state index contributed by atoms with van der Waals surface area (Å²) in [6, 6.07) is 5.68. The number of benzene rings is 1. The van der Waals surface area contributed by atoms with E-state index in [1.54, 1.807) is 0 Å². The van der Waals surface area contributed by atoms with E-state index in [0.717, 1.165) is 11.3 Å². The second-order valence-corrected chi connectivity index (χ2v) is 4.99. The zero-order valence-corrected chi connectivity index (χ0v) is 12.9. The molecular weight excluding hydrogens is 311 g/mol. The summed E-state index contributed by atoms with van der Waals surface area (Å²) in [5, 5.41) is 5.95. The number of hydrogen-bond acceptors (Lipinski definition) is 3. The fourth-order valence-corrected chi connectivity index (χ4v) is 2.06. The molecule has 1 heterocycles. The molecule has 0 aromatic heterocycles. The third-order valence-corrected chi connectivity index (χ3v) is 3.15. The molecule has 5 nitrogen and oxygen atoms in total. The second kappa shape index (κ2) is 7.94. The van der Waals surface area contributed by atoms with Crippen LogP contribution in [0.1, 0.15) is 18.9 Å². The molecule has 1 aromatic rings. The van der Waals surface area contributed by atoms with E-state index in [-0.39, 0.29) is 13.3 Å². The van der Waals surface area contributed by atoms with Crippen molar-refractivity contribution in [2.45, 2.75) is 25.9 Å². The van der Waals surface area contributed by atoms with Crippen molar-refractivity contribution in [1.29, 1.82) is 0 Å². The molecule has 0 aliphatic carbocycles. The summed E-state index contributed by atoms with van der Waals surface area (Å²) < 4.78 is 47.0. The van der Waals surface area contributed by atoms with Gasteiger partial charge in [0.15, 0.2) is 17.5 Å². The molecule has 0 spiro atoms. The third kappa shape index (κ3) is 5.88. The van der Waals surface area contributed by atoms with Crippen LogP contribution in [0.25, 0.3) is 0 Å². The number of halogens is 3. The lowest BCUT2D eigenvalue weighted by molar-refractivity contribution is -0.132. The van der Waals surface area contributed by atoms with Crippen LogP contribution in [0.2, 0.25) is 0 Å². The maximum atomic E-state index is 12.1. The van der Waals surface area contributed by atoms with Crippen LogP contribution in [-0.4, -0.2) is 38.6 Å². The molecular formula is C15H20F3N3O2. The smallest absolute Gasteiger partial charge is 0.390 e. The number of ether oxygens (including phenoxy) is 2. The Kier molecular flexibility index (Phi) is 5.95. The minimum absolute atomic E-state index is 0.230. The molecule has 8 heteroatoms. The standard InChI is InChI=1S/C15H20F3N3O2/c1-2-19-14(21-8-6-15(16,17)18)20-7-5-11-3-4-12-13(9-11)23-10-22-12/h3-4,9H,2,5-8,10H2,1H3,(H2,19,20,21). The highest BCUT2D eigenvalue weighted by molar-refractivity contribution is 5.79. The molecule has 1 aliphatic heterocycles. The van der Waals surface area contributed by atoms with E-state index in [4.69, 9.17) is 9.47 Å². The molecule has 23 heavy (non-hydrogen) atoms. The molecule has 0 saturated carbocycles. The molecule has 128 valence electrons. The van der Waals surface area contributed by atoms with Gasteiger partial charge in [-0.25, -0.2) is 0 Å². The quantitative estimate of drug-likeness (QED) is 0.621. The summed E-state index contributed by atoms with van der Waals surface area (Å²) in [7, 11) is 0. The van der Waals surface area contributed by atoms with Gasteiger partial charge >= 0.3 is 6.18 Å². The summed E-state index contributed by atoms with van der Waals surface area (Å²) in [4.78, 5) is 3.92. The fourth-order valence-electron chi connectivity index (χ4n) is 2.06. The maximum absolute atomic E-state index is 12.1. The van der Waals surface area contributed by atoms with Crippen LogP contribution < -0.4 is 20.1 Å². The molecule has 2 N–H and O–H groups in total. The third-order valence-electron chi connectivity index (χ3n) is 3.15. The summed E-state index contributed by atoms with van der Waals surface area (Å²) in [6.45, 7) is 2.94. The second-order valence-electron chi connectivity index (χ2n) is 4.99. The number of nitrogens with zero attached hydrogens (tertiary/aromatic N) is 1. The lowest BCUT2D eigenvalue weighted by atomic mass is 10.1. The predicted molar refractivity (Wildman–Crippen MR) is 80.9 cm³/mol. The van der Waals surface area contributed by atoms with Crippen molar-refractivity contribution in [3.63, 3.8) is 0 Å². The van der Waals surface area contributed by atoms with Crippen LogP contribution >= 0.6 is 0 Å². The van der Waals surface area contributed by atoms with Gasteiger partial charge in [-0.05, 0) is 31.0 Å². The van der Waals surface area contributed by atoms with Gasteiger partial charge in [0.05, 0.1) is 13.0 Å². The van der Waals surface area contributed by atoms with Gasteiger partial charge in [0.1, 0.15) is 0 Å². The number of rotatable bonds is 6. The number of fused-ring (bicyclic) bond motifs is 1. The van der Waals surface area contributed by atoms with Gasteiger partial charge in [-0.2, -0.15) is 13.2 Å². The van der Waals surface area contributed by atoms with Crippen LogP contribution in [0.4, 0.5) is 13.2 Å². The first-order valence-electron chi connectivity index (χ1n) is 7.45. The Labute approximate surface area is 132 Å². The lowest BCUT2D eigenvalue weighted by Crippen LogP contribution is -2.38. The summed E-state index contributed by atoms with van der Waals surface area (Å²) in [5.41, 5.74) is 1.05. The van der Waals surface area contributed by atoms with E-state index < -0.39 is 12.6 Å². The predicted octanol–water partition coefficient (Wildman–Crippen LogP) is 2.47. The number of nitrogens with one attached hydrogen (secondary N) is 2. The van der Waals surface area contributed by atoms with Crippen LogP contribution in [0.3, 0.4) is 0 Å². The number of alkyl halides is 3. The molecule has 0 saturated heterocycles. The summed E-state index contributed by atoms with van der Waals surface area (Å²) in [5.74, 6) is 1.83. The van der Waals surface area contributed by atoms with E-state index in [0.29, 0.717) is 31.2 Å². The van der Waals surface area contributed by atoms with E-state index in [2.05, 4.69) is 15.6 Å². The highest BCUT2D eigenvalue weighted by Gasteiger charge is 2.26. The molecule has 0 fully saturated rings. The van der Waals surface area contributed by atoms with Gasteiger partial charge < -0.3 is 20.1 Å². The number of guanidine groups is 1. The van der Waals surface area contributed by atoms with E-state index >= 15 is 0 Å². The van der Waals surface area contributed by atoms with Crippen LogP contribution in [-0.2, 0) is 6.42 Å². The van der Waals surface area contributed by atoms with Crippen molar-refractivity contribution in [3.8, 4) is 11.5 Å². The normalized spacial score (nSPS) is 14.0. The summed E-state index contributed by atoms with van der Waals surface area (Å²) >= 11 is 0. The van der Waals surface area contributed by atoms with E-state index in [9.17, 15) is 13.2 Å². The molecule has 0 bridgehead atoms. The lowest BCUT2D eigenvalue weighted by Gasteiger charge is -2.12. The summed E-state index contributed by atoms with van der Waals surface area (Å²) in [6.07, 6.45) is -4.42. The van der Waals surface area contributed by atoms with Crippen LogP contribution in [0, 0.1) is 0 Å². The van der Waals surface area contributed by atoms with E-state index in [1.165, 1.54) is 0 Å². The Morgan fingerprint density at radius 1 is 1.22 bits per heavy atom. The Hall–Kier alpha value is -2.12. The molecule has 0 atom stereocenters. The molecule has 2 rings (SSSR count). The van der Waals surface area contributed by atoms with Crippen molar-refractivity contribution in [1.82, 2.24) is 10.6 Å². The highest BCUT2D eigenvalue weighted by Crippen LogP contribution is 2.32. The van der Waals surface area contributed by atoms with Gasteiger partial charge in [0.25, 0.3) is 0 Å². The van der Waals surface area contributed by atoms with Crippen LogP contribution in [0.5, 0.6) is 11.5 Å². The molecule has 1 aliphatic rings. The van der Waals surface area contributed by atoms with Gasteiger partial charge in [-0.1, -0.05) is 6.07 Å². The molecule has 0 amide bonds. The van der Waals surface area contributed by atoms with Gasteiger partial charge in [0.2, 0.25) is 6.79 Å². The zero-order chi connectivity index (χ0) is 16.7. The molecule has 0 unspecified atom stereocenters. The minimum atomic E-state index is -4.19. The monoisotopic (exact) mass is 331 g/mol. The average molecular weight is 331 g/mol. The average Bonchev–Trinajstić information content (AvgIpc) is 2.93. The molecule has 0 radical (unpaired) electrons. The zero-order valence-electron chi connectivity index (χ0n) is 12.9. The first-order valence-corrected chi connectivity index (χ1v) is 7.45. The van der Waals surface area contributed by atoms with Gasteiger partial charge in [0, 0.05) is 13.1 Å². The van der Waals surface area contributed by atoms with Crippen molar-refractivity contribution in [3.05, 3.63) is 23.8 Å². The van der Waals surface area contributed by atoms with Crippen molar-refractivity contribution < 1.29 is 22.6 Å². The van der Waals surface area contributed by atoms with Crippen molar-refractivity contribution in [2.75, 3.05) is 26.4 Å². The largest absolute Gasteiger partial charge is 0.454 e. The Balaban J connectivity index is 1.80. The SMILES string of the molecule is CCNC(=NCCC(F)(F)F)NCCc1ccc2c(c1)OCO2. The van der Waals surface area contributed by atoms with Crippen molar-refractivity contribution >= 4 is 5.96 Å². The number of hydrogen-bond donors (Lipinski definition) is 2. The maximum Gasteiger partial charge on any atom is 0.390 e. The van der Waals surface area contributed by atoms with E-state index in [1.807, 2.05) is 25.1 Å². The molecule has 1 aromatic carbocycles. The van der Waals surface area contributed by atoms with Gasteiger partial charge in [-0.3, -0.25) is 4.99 Å². The number of aliphatic imine (C=N–C) groups is 1. The minimum Gasteiger partial charge on any atom is -0.454 e. The first kappa shape index (κ1) is 17.2. The fraction of sp³-hybridized carbons (Fsp3) is 0.533. The Bertz CT molecular complexity index is 547. The Morgan fingerprint density at radius 3 is 2.74 bits per heavy atom. The first-order chi connectivity index (χ1) is 11.0. The topological polar surface area (TPSA) is 54.9 Å². The van der Waals surface area contributed by atoms with Gasteiger partial charge in [-0.15, -0.1) is 0 Å². The Morgan fingerprint density at radius 2 is 2.00 bits per heavy atom. The van der Waals surface area contributed by atoms with Crippen molar-refractivity contribution in [2.24, 2.45) is 4.99 Å². The van der Waals surface area contributed by atoms with Crippen LogP contribution in [0.15, 0.2) is 23.2 Å².